The number of rotatable bonds is 11. The van der Waals surface area contributed by atoms with Gasteiger partial charge in [-0.2, -0.15) is 13.7 Å². The molecule has 0 bridgehead atoms. The molecule has 5 nitrogen and oxygen atoms in total. The van der Waals surface area contributed by atoms with Crippen molar-refractivity contribution in [1.29, 1.82) is 5.26 Å². The lowest BCUT2D eigenvalue weighted by atomic mass is 10.1. The molecule has 0 saturated carbocycles. The molecular weight excluding hydrogens is 360 g/mol. The van der Waals surface area contributed by atoms with Gasteiger partial charge in [-0.3, -0.25) is 4.55 Å². The summed E-state index contributed by atoms with van der Waals surface area (Å²) in [7, 11) is 0.267. The third-order valence-corrected chi connectivity index (χ3v) is 5.30. The van der Waals surface area contributed by atoms with Crippen LogP contribution in [0.4, 0.5) is 0 Å². The number of hydrogen-bond acceptors (Lipinski definition) is 3. The maximum absolute atomic E-state index is 10.5. The molecule has 1 N–H and O–H groups in total. The third kappa shape index (κ3) is 14.3. The number of nitriles is 1. The number of nitrogens with zero attached hydrogens (tertiary/aromatic N) is 2. The van der Waals surface area contributed by atoms with Gasteiger partial charge in [0.05, 0.1) is 25.5 Å². The SMILES string of the molecule is CCCCCCCCCC[N+](C)(C)CC#N.Cc1ccc(S(=O)(=O)O)cc1. The molecule has 1 rings (SSSR count). The van der Waals surface area contributed by atoms with Crippen LogP contribution in [0.15, 0.2) is 29.2 Å². The predicted octanol–water partition coefficient (Wildman–Crippen LogP) is 4.97. The minimum Gasteiger partial charge on any atom is -0.317 e. The first-order valence-corrected chi connectivity index (χ1v) is 11.3. The van der Waals surface area contributed by atoms with E-state index in [9.17, 15) is 8.42 Å². The lowest BCUT2D eigenvalue weighted by Crippen LogP contribution is -2.40. The molecule has 154 valence electrons. The topological polar surface area (TPSA) is 78.2 Å². The largest absolute Gasteiger partial charge is 0.317 e. The van der Waals surface area contributed by atoms with Crippen LogP contribution in [0.5, 0.6) is 0 Å². The second-order valence-corrected chi connectivity index (χ2v) is 9.16. The van der Waals surface area contributed by atoms with Crippen LogP contribution < -0.4 is 0 Å². The van der Waals surface area contributed by atoms with Gasteiger partial charge in [0.25, 0.3) is 10.1 Å². The molecule has 0 fully saturated rings. The Labute approximate surface area is 166 Å². The highest BCUT2D eigenvalue weighted by atomic mass is 32.2. The molecule has 0 unspecified atom stereocenters. The summed E-state index contributed by atoms with van der Waals surface area (Å²) in [5, 5.41) is 8.66. The van der Waals surface area contributed by atoms with E-state index in [0.717, 1.165) is 16.6 Å². The Morgan fingerprint density at radius 2 is 1.44 bits per heavy atom. The number of aryl methyl sites for hydroxylation is 1. The summed E-state index contributed by atoms with van der Waals surface area (Å²) in [6.45, 7) is 5.88. The van der Waals surface area contributed by atoms with Crippen molar-refractivity contribution >= 4 is 10.1 Å². The number of unbranched alkanes of at least 4 members (excludes halogenated alkanes) is 7. The van der Waals surface area contributed by atoms with E-state index in [4.69, 9.17) is 9.81 Å². The normalized spacial score (nSPS) is 11.4. The van der Waals surface area contributed by atoms with Gasteiger partial charge in [-0.25, -0.2) is 0 Å². The highest BCUT2D eigenvalue weighted by Crippen LogP contribution is 2.10. The first kappa shape index (κ1) is 25.6. The first-order chi connectivity index (χ1) is 12.6. The monoisotopic (exact) mass is 397 g/mol. The van der Waals surface area contributed by atoms with Gasteiger partial charge in [0.2, 0.25) is 0 Å². The standard InChI is InChI=1S/C14H29N2.C7H8O3S/c1-4-5-6-7-8-9-10-11-13-16(2,3)14-12-15;1-6-2-4-7(5-3-6)11(8,9)10/h4-11,13-14H2,1-3H3;2-5H,1H3,(H,8,9,10)/q+1;. The van der Waals surface area contributed by atoms with Crippen molar-refractivity contribution in [3.63, 3.8) is 0 Å². The lowest BCUT2D eigenvalue weighted by molar-refractivity contribution is -0.883. The highest BCUT2D eigenvalue weighted by molar-refractivity contribution is 7.85. The summed E-state index contributed by atoms with van der Waals surface area (Å²) in [4.78, 5) is -0.0666. The van der Waals surface area contributed by atoms with Crippen LogP contribution in [0.3, 0.4) is 0 Å². The molecule has 1 aromatic rings. The summed E-state index contributed by atoms with van der Waals surface area (Å²) >= 11 is 0. The van der Waals surface area contributed by atoms with Crippen LogP contribution in [-0.2, 0) is 10.1 Å². The number of benzene rings is 1. The summed E-state index contributed by atoms with van der Waals surface area (Å²) in [5.41, 5.74) is 0.956. The van der Waals surface area contributed by atoms with Gasteiger partial charge < -0.3 is 4.48 Å². The summed E-state index contributed by atoms with van der Waals surface area (Å²) in [5.74, 6) is 0. The highest BCUT2D eigenvalue weighted by Gasteiger charge is 2.12. The minimum atomic E-state index is -4.02. The summed E-state index contributed by atoms with van der Waals surface area (Å²) in [6.07, 6.45) is 10.9. The van der Waals surface area contributed by atoms with Crippen LogP contribution in [0, 0.1) is 18.3 Å². The Kier molecular flexibility index (Phi) is 13.0. The van der Waals surface area contributed by atoms with Crippen LogP contribution in [-0.4, -0.2) is 44.6 Å². The summed E-state index contributed by atoms with van der Waals surface area (Å²) < 4.78 is 30.4. The number of quaternary nitrogens is 1. The Morgan fingerprint density at radius 3 is 1.89 bits per heavy atom. The van der Waals surface area contributed by atoms with Crippen molar-refractivity contribution in [3.05, 3.63) is 29.8 Å². The fourth-order valence-electron chi connectivity index (χ4n) is 2.65. The van der Waals surface area contributed by atoms with E-state index in [0.29, 0.717) is 6.54 Å². The van der Waals surface area contributed by atoms with Crippen molar-refractivity contribution in [1.82, 2.24) is 0 Å². The molecule has 1 aromatic carbocycles. The van der Waals surface area contributed by atoms with E-state index in [1.165, 1.54) is 63.5 Å². The van der Waals surface area contributed by atoms with E-state index < -0.39 is 10.1 Å². The maximum Gasteiger partial charge on any atom is 0.294 e. The van der Waals surface area contributed by atoms with E-state index >= 15 is 0 Å². The zero-order valence-electron chi connectivity index (χ0n) is 17.4. The smallest absolute Gasteiger partial charge is 0.294 e. The average molecular weight is 398 g/mol. The Bertz CT molecular complexity index is 647. The second kappa shape index (κ2) is 13.7. The van der Waals surface area contributed by atoms with Crippen LogP contribution in [0.2, 0.25) is 0 Å². The molecule has 0 aromatic heterocycles. The molecule has 0 aliphatic carbocycles. The zero-order valence-corrected chi connectivity index (χ0v) is 18.3. The molecule has 0 aliphatic heterocycles. The fraction of sp³-hybridized carbons (Fsp3) is 0.667. The van der Waals surface area contributed by atoms with E-state index in [1.807, 2.05) is 6.92 Å². The van der Waals surface area contributed by atoms with E-state index in [-0.39, 0.29) is 4.90 Å². The Morgan fingerprint density at radius 1 is 0.963 bits per heavy atom. The average Bonchev–Trinajstić information content (AvgIpc) is 2.57. The van der Waals surface area contributed by atoms with Gasteiger partial charge in [0, 0.05) is 0 Å². The quantitative estimate of drug-likeness (QED) is 0.247. The fourth-order valence-corrected chi connectivity index (χ4v) is 3.13. The van der Waals surface area contributed by atoms with E-state index in [2.05, 4.69) is 27.1 Å². The molecule has 0 atom stereocenters. The Balaban J connectivity index is 0.000000533. The molecule has 0 saturated heterocycles. The predicted molar refractivity (Wildman–Crippen MR) is 111 cm³/mol. The first-order valence-electron chi connectivity index (χ1n) is 9.85. The van der Waals surface area contributed by atoms with E-state index in [1.54, 1.807) is 12.1 Å². The molecular formula is C21H37N2O3S+. The van der Waals surface area contributed by atoms with Gasteiger partial charge >= 0.3 is 0 Å². The van der Waals surface area contributed by atoms with Crippen LogP contribution in [0.1, 0.15) is 63.9 Å². The minimum absolute atomic E-state index is 0.0666. The van der Waals surface area contributed by atoms with Crippen molar-refractivity contribution in [2.45, 2.75) is 70.1 Å². The van der Waals surface area contributed by atoms with Gasteiger partial charge in [-0.05, 0) is 31.9 Å². The summed E-state index contributed by atoms with van der Waals surface area (Å²) in [6, 6.07) is 8.24. The third-order valence-electron chi connectivity index (χ3n) is 4.43. The molecule has 0 heterocycles. The maximum atomic E-state index is 10.5. The van der Waals surface area contributed by atoms with Crippen LogP contribution >= 0.6 is 0 Å². The van der Waals surface area contributed by atoms with Crippen molar-refractivity contribution < 1.29 is 17.5 Å². The Hall–Kier alpha value is -1.42. The molecule has 0 aliphatic rings. The van der Waals surface area contributed by atoms with Crippen molar-refractivity contribution in [2.75, 3.05) is 27.2 Å². The lowest BCUT2D eigenvalue weighted by Gasteiger charge is -2.26. The molecule has 0 radical (unpaired) electrons. The van der Waals surface area contributed by atoms with Crippen molar-refractivity contribution in [2.24, 2.45) is 0 Å². The van der Waals surface area contributed by atoms with Crippen LogP contribution in [0.25, 0.3) is 0 Å². The van der Waals surface area contributed by atoms with Crippen molar-refractivity contribution in [3.8, 4) is 6.07 Å². The second-order valence-electron chi connectivity index (χ2n) is 7.74. The molecule has 27 heavy (non-hydrogen) atoms. The van der Waals surface area contributed by atoms with Gasteiger partial charge in [0.1, 0.15) is 6.07 Å². The van der Waals surface area contributed by atoms with Gasteiger partial charge in [-0.15, -0.1) is 0 Å². The zero-order chi connectivity index (χ0) is 20.8. The molecule has 0 amide bonds. The molecule has 6 heteroatoms. The molecule has 0 spiro atoms. The number of hydrogen-bond donors (Lipinski definition) is 1. The van der Waals surface area contributed by atoms with Gasteiger partial charge in [0.15, 0.2) is 6.54 Å². The van der Waals surface area contributed by atoms with Gasteiger partial charge in [-0.1, -0.05) is 63.1 Å².